The molecule has 3 heterocycles. The molecule has 0 spiro atoms. The Balaban J connectivity index is 1.54. The number of hydrogen-bond acceptors (Lipinski definition) is 5. The van der Waals surface area contributed by atoms with Crippen molar-refractivity contribution in [3.05, 3.63) is 11.6 Å². The standard InChI is InChI=1S/C14H24N6O/c1-11(14-18-17-12-4-2-8-20(12)14)16-13(21)10-19-7-3-5-15-6-9-19/h11,15H,2-10H2,1H3,(H,16,21). The van der Waals surface area contributed by atoms with E-state index in [9.17, 15) is 4.79 Å². The average molecular weight is 292 g/mol. The van der Waals surface area contributed by atoms with Crippen LogP contribution in [-0.2, 0) is 17.8 Å². The van der Waals surface area contributed by atoms with E-state index in [-0.39, 0.29) is 11.9 Å². The molecule has 1 unspecified atom stereocenters. The number of amides is 1. The van der Waals surface area contributed by atoms with Gasteiger partial charge in [-0.05, 0) is 32.9 Å². The summed E-state index contributed by atoms with van der Waals surface area (Å²) in [5, 5.41) is 14.8. The molecule has 1 amide bonds. The maximum absolute atomic E-state index is 12.2. The third-order valence-electron chi connectivity index (χ3n) is 4.20. The highest BCUT2D eigenvalue weighted by Crippen LogP contribution is 2.18. The zero-order valence-electron chi connectivity index (χ0n) is 12.6. The maximum atomic E-state index is 12.2. The summed E-state index contributed by atoms with van der Waals surface area (Å²) in [6.07, 6.45) is 3.22. The van der Waals surface area contributed by atoms with E-state index < -0.39 is 0 Å². The molecule has 1 atom stereocenters. The molecule has 3 rings (SSSR count). The van der Waals surface area contributed by atoms with Gasteiger partial charge in [0.1, 0.15) is 5.82 Å². The summed E-state index contributed by atoms with van der Waals surface area (Å²) < 4.78 is 2.14. The molecule has 7 nitrogen and oxygen atoms in total. The fraction of sp³-hybridized carbons (Fsp3) is 0.786. The van der Waals surface area contributed by atoms with Gasteiger partial charge < -0.3 is 15.2 Å². The summed E-state index contributed by atoms with van der Waals surface area (Å²) in [5.41, 5.74) is 0. The van der Waals surface area contributed by atoms with Gasteiger partial charge in [0.2, 0.25) is 5.91 Å². The molecule has 0 radical (unpaired) electrons. The molecule has 2 aliphatic rings. The van der Waals surface area contributed by atoms with E-state index in [1.807, 2.05) is 6.92 Å². The number of carbonyl (C=O) groups excluding carboxylic acids is 1. The number of aromatic nitrogens is 3. The Morgan fingerprint density at radius 1 is 1.29 bits per heavy atom. The predicted molar refractivity (Wildman–Crippen MR) is 78.8 cm³/mol. The molecule has 2 aliphatic heterocycles. The lowest BCUT2D eigenvalue weighted by atomic mass is 10.3. The summed E-state index contributed by atoms with van der Waals surface area (Å²) in [5.74, 6) is 2.00. The Bertz CT molecular complexity index is 492. The first-order chi connectivity index (χ1) is 10.2. The molecule has 21 heavy (non-hydrogen) atoms. The van der Waals surface area contributed by atoms with Gasteiger partial charge in [0.05, 0.1) is 12.6 Å². The summed E-state index contributed by atoms with van der Waals surface area (Å²) >= 11 is 0. The van der Waals surface area contributed by atoms with Gasteiger partial charge in [-0.15, -0.1) is 10.2 Å². The van der Waals surface area contributed by atoms with Gasteiger partial charge in [-0.2, -0.15) is 0 Å². The number of aryl methyl sites for hydroxylation is 1. The fourth-order valence-electron chi connectivity index (χ4n) is 3.11. The molecule has 1 aromatic rings. The second-order valence-corrected chi connectivity index (χ2v) is 5.90. The molecular weight excluding hydrogens is 268 g/mol. The maximum Gasteiger partial charge on any atom is 0.234 e. The van der Waals surface area contributed by atoms with E-state index in [1.54, 1.807) is 0 Å². The van der Waals surface area contributed by atoms with Gasteiger partial charge in [0, 0.05) is 26.1 Å². The lowest BCUT2D eigenvalue weighted by Crippen LogP contribution is -2.40. The van der Waals surface area contributed by atoms with Gasteiger partial charge in [-0.25, -0.2) is 0 Å². The van der Waals surface area contributed by atoms with Gasteiger partial charge in [-0.3, -0.25) is 9.69 Å². The second-order valence-electron chi connectivity index (χ2n) is 5.90. The summed E-state index contributed by atoms with van der Waals surface area (Å²) in [4.78, 5) is 14.4. The summed E-state index contributed by atoms with van der Waals surface area (Å²) in [6.45, 7) is 7.33. The van der Waals surface area contributed by atoms with Crippen LogP contribution in [0.4, 0.5) is 0 Å². The van der Waals surface area contributed by atoms with E-state index in [0.29, 0.717) is 6.54 Å². The van der Waals surface area contributed by atoms with Crippen molar-refractivity contribution in [2.45, 2.75) is 38.8 Å². The van der Waals surface area contributed by atoms with E-state index in [0.717, 1.165) is 63.6 Å². The van der Waals surface area contributed by atoms with Crippen LogP contribution in [0.2, 0.25) is 0 Å². The molecule has 0 aromatic carbocycles. The van der Waals surface area contributed by atoms with Gasteiger partial charge >= 0.3 is 0 Å². The zero-order chi connectivity index (χ0) is 14.7. The lowest BCUT2D eigenvalue weighted by molar-refractivity contribution is -0.122. The molecule has 2 N–H and O–H groups in total. The number of carbonyl (C=O) groups is 1. The van der Waals surface area contributed by atoms with Crippen LogP contribution in [0.3, 0.4) is 0 Å². The van der Waals surface area contributed by atoms with Crippen molar-refractivity contribution in [1.29, 1.82) is 0 Å². The second kappa shape index (κ2) is 6.53. The molecule has 1 saturated heterocycles. The van der Waals surface area contributed by atoms with E-state index in [2.05, 4.69) is 30.3 Å². The fourth-order valence-corrected chi connectivity index (χ4v) is 3.11. The van der Waals surface area contributed by atoms with Crippen LogP contribution < -0.4 is 10.6 Å². The van der Waals surface area contributed by atoms with Crippen molar-refractivity contribution in [3.63, 3.8) is 0 Å². The van der Waals surface area contributed by atoms with Crippen LogP contribution in [-0.4, -0.2) is 58.3 Å². The third kappa shape index (κ3) is 3.41. The predicted octanol–water partition coefficient (Wildman–Crippen LogP) is -0.303. The topological polar surface area (TPSA) is 75.1 Å². The molecular formula is C14H24N6O. The van der Waals surface area contributed by atoms with Crippen LogP contribution in [0.15, 0.2) is 0 Å². The Kier molecular flexibility index (Phi) is 4.50. The quantitative estimate of drug-likeness (QED) is 0.797. The molecule has 0 bridgehead atoms. The summed E-state index contributed by atoms with van der Waals surface area (Å²) in [7, 11) is 0. The first-order valence-corrected chi connectivity index (χ1v) is 7.88. The number of hydrogen-bond donors (Lipinski definition) is 2. The van der Waals surface area contributed by atoms with Crippen LogP contribution in [0.5, 0.6) is 0 Å². The van der Waals surface area contributed by atoms with Gasteiger partial charge in [-0.1, -0.05) is 0 Å². The first-order valence-electron chi connectivity index (χ1n) is 7.88. The zero-order valence-corrected chi connectivity index (χ0v) is 12.6. The lowest BCUT2D eigenvalue weighted by Gasteiger charge is -2.20. The third-order valence-corrected chi connectivity index (χ3v) is 4.20. The molecule has 1 aromatic heterocycles. The van der Waals surface area contributed by atoms with Crippen molar-refractivity contribution >= 4 is 5.91 Å². The van der Waals surface area contributed by atoms with Gasteiger partial charge in [0.15, 0.2) is 5.82 Å². The molecule has 116 valence electrons. The Hall–Kier alpha value is -1.47. The number of nitrogens with one attached hydrogen (secondary N) is 2. The minimum absolute atomic E-state index is 0.0692. The Morgan fingerprint density at radius 3 is 3.10 bits per heavy atom. The Labute approximate surface area is 125 Å². The highest BCUT2D eigenvalue weighted by atomic mass is 16.2. The SMILES string of the molecule is CC(NC(=O)CN1CCCNCC1)c1nnc2n1CCC2. The minimum atomic E-state index is -0.0815. The number of rotatable bonds is 4. The largest absolute Gasteiger partial charge is 0.345 e. The van der Waals surface area contributed by atoms with Crippen LogP contribution >= 0.6 is 0 Å². The van der Waals surface area contributed by atoms with Crippen molar-refractivity contribution in [1.82, 2.24) is 30.3 Å². The highest BCUT2D eigenvalue weighted by Gasteiger charge is 2.23. The Morgan fingerprint density at radius 2 is 2.19 bits per heavy atom. The molecule has 0 aliphatic carbocycles. The van der Waals surface area contributed by atoms with Crippen LogP contribution in [0, 0.1) is 0 Å². The van der Waals surface area contributed by atoms with Crippen molar-refractivity contribution < 1.29 is 4.79 Å². The van der Waals surface area contributed by atoms with Gasteiger partial charge in [0.25, 0.3) is 0 Å². The molecule has 7 heteroatoms. The average Bonchev–Trinajstić information content (AvgIpc) is 2.96. The van der Waals surface area contributed by atoms with Crippen LogP contribution in [0.1, 0.15) is 37.5 Å². The van der Waals surface area contributed by atoms with E-state index >= 15 is 0 Å². The highest BCUT2D eigenvalue weighted by molar-refractivity contribution is 5.78. The minimum Gasteiger partial charge on any atom is -0.345 e. The monoisotopic (exact) mass is 292 g/mol. The molecule has 0 saturated carbocycles. The summed E-state index contributed by atoms with van der Waals surface area (Å²) in [6, 6.07) is -0.0815. The normalized spacial score (nSPS) is 20.8. The van der Waals surface area contributed by atoms with Crippen molar-refractivity contribution in [2.24, 2.45) is 0 Å². The first kappa shape index (κ1) is 14.5. The van der Waals surface area contributed by atoms with Crippen LogP contribution in [0.25, 0.3) is 0 Å². The van der Waals surface area contributed by atoms with Crippen molar-refractivity contribution in [3.8, 4) is 0 Å². The number of nitrogens with zero attached hydrogens (tertiary/aromatic N) is 4. The van der Waals surface area contributed by atoms with E-state index in [4.69, 9.17) is 0 Å². The number of fused-ring (bicyclic) bond motifs is 1. The molecule has 1 fully saturated rings. The van der Waals surface area contributed by atoms with E-state index in [1.165, 1.54) is 0 Å². The smallest absolute Gasteiger partial charge is 0.234 e. The van der Waals surface area contributed by atoms with Crippen molar-refractivity contribution in [2.75, 3.05) is 32.7 Å².